The van der Waals surface area contributed by atoms with Gasteiger partial charge < -0.3 is 14.4 Å². The van der Waals surface area contributed by atoms with E-state index in [4.69, 9.17) is 0 Å². The molecule has 0 fully saturated rings. The summed E-state index contributed by atoms with van der Waals surface area (Å²) in [5, 5.41) is 0. The highest BCUT2D eigenvalue weighted by Crippen LogP contribution is 2.17. The Balaban J connectivity index is 1.64. The molecule has 3 rings (SSSR count). The van der Waals surface area contributed by atoms with Crippen molar-refractivity contribution in [3.63, 3.8) is 0 Å². The third-order valence-corrected chi connectivity index (χ3v) is 5.34. The fourth-order valence-electron chi connectivity index (χ4n) is 3.28. The lowest BCUT2D eigenvalue weighted by Gasteiger charge is -2.11. The highest BCUT2D eigenvalue weighted by molar-refractivity contribution is 6.17. The normalized spacial score (nSPS) is 10.9. The number of ether oxygens (including phenoxy) is 2. The van der Waals surface area contributed by atoms with E-state index in [0.29, 0.717) is 5.56 Å². The average molecular weight is 468 g/mol. The van der Waals surface area contributed by atoms with Gasteiger partial charge in [-0.25, -0.2) is 9.59 Å². The van der Waals surface area contributed by atoms with Gasteiger partial charge in [-0.1, -0.05) is 85.0 Å². The first-order valence-electron chi connectivity index (χ1n) is 11.1. The summed E-state index contributed by atoms with van der Waals surface area (Å²) in [7, 11) is 6.51. The SMILES string of the molecule is COC(=O)C(=Cc1ccc(/C=C/c2ccc(/C=C/c3ccc(N(C)C)cc3)cc2)cc1)C(=O)OC. The number of hydrogen-bond acceptors (Lipinski definition) is 5. The summed E-state index contributed by atoms with van der Waals surface area (Å²) in [6, 6.07) is 24.2. The predicted octanol–water partition coefficient (Wildman–Crippen LogP) is 5.82. The minimum absolute atomic E-state index is 0.155. The Morgan fingerprint density at radius 1 is 0.571 bits per heavy atom. The Morgan fingerprint density at radius 3 is 1.20 bits per heavy atom. The van der Waals surface area contributed by atoms with Crippen molar-refractivity contribution in [2.24, 2.45) is 0 Å². The van der Waals surface area contributed by atoms with Crippen LogP contribution in [0.4, 0.5) is 5.69 Å². The van der Waals surface area contributed by atoms with Crippen LogP contribution >= 0.6 is 0 Å². The Bertz CT molecular complexity index is 1220. The van der Waals surface area contributed by atoms with Crippen LogP contribution in [0.1, 0.15) is 27.8 Å². The maximum atomic E-state index is 11.8. The van der Waals surface area contributed by atoms with E-state index < -0.39 is 11.9 Å². The second-order valence-corrected chi connectivity index (χ2v) is 8.03. The molecule has 3 aromatic carbocycles. The van der Waals surface area contributed by atoms with Crippen molar-refractivity contribution in [3.05, 3.63) is 106 Å². The van der Waals surface area contributed by atoms with Gasteiger partial charge in [0.05, 0.1) is 14.2 Å². The Kier molecular flexibility index (Phi) is 8.79. The van der Waals surface area contributed by atoms with Gasteiger partial charge in [-0.3, -0.25) is 0 Å². The molecule has 0 aliphatic rings. The van der Waals surface area contributed by atoms with E-state index >= 15 is 0 Å². The Labute approximate surface area is 206 Å². The molecule has 0 spiro atoms. The van der Waals surface area contributed by atoms with Crippen LogP contribution in [-0.4, -0.2) is 40.3 Å². The van der Waals surface area contributed by atoms with Crippen molar-refractivity contribution in [1.29, 1.82) is 0 Å². The topological polar surface area (TPSA) is 55.8 Å². The lowest BCUT2D eigenvalue weighted by molar-refractivity contribution is -0.143. The monoisotopic (exact) mass is 467 g/mol. The maximum Gasteiger partial charge on any atom is 0.345 e. The van der Waals surface area contributed by atoms with E-state index in [1.54, 1.807) is 0 Å². The molecule has 5 nitrogen and oxygen atoms in total. The highest BCUT2D eigenvalue weighted by Gasteiger charge is 2.19. The molecule has 0 radical (unpaired) electrons. The van der Waals surface area contributed by atoms with Crippen molar-refractivity contribution < 1.29 is 19.1 Å². The molecule has 0 aliphatic carbocycles. The first kappa shape index (κ1) is 25.2. The van der Waals surface area contributed by atoms with E-state index in [1.165, 1.54) is 26.0 Å². The van der Waals surface area contributed by atoms with Crippen LogP contribution in [0.25, 0.3) is 30.4 Å². The molecule has 0 atom stereocenters. The van der Waals surface area contributed by atoms with Crippen molar-refractivity contribution in [3.8, 4) is 0 Å². The lowest BCUT2D eigenvalue weighted by atomic mass is 10.1. The zero-order chi connectivity index (χ0) is 25.2. The number of anilines is 1. The largest absolute Gasteiger partial charge is 0.465 e. The fraction of sp³-hybridized carbons (Fsp3) is 0.133. The molecular weight excluding hydrogens is 438 g/mol. The first-order chi connectivity index (χ1) is 16.9. The van der Waals surface area contributed by atoms with Crippen LogP contribution in [0, 0.1) is 0 Å². The molecule has 0 unspecified atom stereocenters. The van der Waals surface area contributed by atoms with E-state index in [-0.39, 0.29) is 5.57 Å². The van der Waals surface area contributed by atoms with E-state index in [9.17, 15) is 9.59 Å². The van der Waals surface area contributed by atoms with E-state index in [0.717, 1.165) is 22.3 Å². The maximum absolute atomic E-state index is 11.8. The van der Waals surface area contributed by atoms with E-state index in [1.807, 2.05) is 50.5 Å². The van der Waals surface area contributed by atoms with Gasteiger partial charge in [0, 0.05) is 19.8 Å². The molecule has 0 heterocycles. The molecule has 0 amide bonds. The summed E-state index contributed by atoms with van der Waals surface area (Å²) >= 11 is 0. The van der Waals surface area contributed by atoms with Crippen molar-refractivity contribution in [2.75, 3.05) is 33.2 Å². The second kappa shape index (κ2) is 12.2. The zero-order valence-electron chi connectivity index (χ0n) is 20.4. The van der Waals surface area contributed by atoms with Crippen LogP contribution < -0.4 is 4.90 Å². The Hall–Kier alpha value is -4.38. The number of esters is 2. The summed E-state index contributed by atoms with van der Waals surface area (Å²) in [6.07, 6.45) is 9.69. The fourth-order valence-corrected chi connectivity index (χ4v) is 3.28. The molecule has 178 valence electrons. The average Bonchev–Trinajstić information content (AvgIpc) is 2.90. The molecule has 5 heteroatoms. The van der Waals surface area contributed by atoms with Gasteiger partial charge in [0.25, 0.3) is 0 Å². The van der Waals surface area contributed by atoms with E-state index in [2.05, 4.69) is 75.1 Å². The zero-order valence-corrected chi connectivity index (χ0v) is 20.4. The first-order valence-corrected chi connectivity index (χ1v) is 11.1. The highest BCUT2D eigenvalue weighted by atomic mass is 16.5. The smallest absolute Gasteiger partial charge is 0.345 e. The molecule has 0 saturated heterocycles. The summed E-state index contributed by atoms with van der Waals surface area (Å²) in [5.41, 5.74) is 6.07. The third-order valence-electron chi connectivity index (χ3n) is 5.34. The van der Waals surface area contributed by atoms with Crippen LogP contribution in [-0.2, 0) is 19.1 Å². The van der Waals surface area contributed by atoms with Crippen LogP contribution in [0.2, 0.25) is 0 Å². The van der Waals surface area contributed by atoms with Gasteiger partial charge in [0.15, 0.2) is 0 Å². The molecular formula is C30H29NO4. The molecule has 0 aromatic heterocycles. The molecule has 0 bridgehead atoms. The lowest BCUT2D eigenvalue weighted by Crippen LogP contribution is -2.15. The quantitative estimate of drug-likeness (QED) is 0.137. The molecule has 0 N–H and O–H groups in total. The Morgan fingerprint density at radius 2 is 0.886 bits per heavy atom. The number of carbonyl (C=O) groups excluding carboxylic acids is 2. The summed E-state index contributed by atoms with van der Waals surface area (Å²) in [6.45, 7) is 0. The molecule has 35 heavy (non-hydrogen) atoms. The minimum Gasteiger partial charge on any atom is -0.465 e. The molecule has 3 aromatic rings. The van der Waals surface area contributed by atoms with Crippen LogP contribution in [0.3, 0.4) is 0 Å². The van der Waals surface area contributed by atoms with Gasteiger partial charge in [0.1, 0.15) is 5.57 Å². The van der Waals surface area contributed by atoms with Crippen LogP contribution in [0.5, 0.6) is 0 Å². The van der Waals surface area contributed by atoms with Crippen molar-refractivity contribution in [2.45, 2.75) is 0 Å². The number of nitrogens with zero attached hydrogens (tertiary/aromatic N) is 1. The summed E-state index contributed by atoms with van der Waals surface area (Å²) in [5.74, 6) is -1.47. The molecule has 0 saturated carbocycles. The van der Waals surface area contributed by atoms with Gasteiger partial charge in [0.2, 0.25) is 0 Å². The summed E-state index contributed by atoms with van der Waals surface area (Å²) < 4.78 is 9.30. The third kappa shape index (κ3) is 7.30. The number of benzene rings is 3. The number of methoxy groups -OCH3 is 2. The van der Waals surface area contributed by atoms with Crippen molar-refractivity contribution >= 4 is 48.0 Å². The number of rotatable bonds is 8. The minimum atomic E-state index is -0.735. The van der Waals surface area contributed by atoms with Gasteiger partial charge in [-0.05, 0) is 46.0 Å². The van der Waals surface area contributed by atoms with Gasteiger partial charge >= 0.3 is 11.9 Å². The second-order valence-electron chi connectivity index (χ2n) is 8.03. The predicted molar refractivity (Wildman–Crippen MR) is 144 cm³/mol. The van der Waals surface area contributed by atoms with Gasteiger partial charge in [-0.2, -0.15) is 0 Å². The van der Waals surface area contributed by atoms with Crippen LogP contribution in [0.15, 0.2) is 78.4 Å². The standard InChI is InChI=1S/C30H29NO4/c1-31(2)27-19-17-25(18-20-27)12-11-23-7-5-22(6-8-23)9-10-24-13-15-26(16-14-24)21-28(29(32)34-3)30(33)35-4/h5-21H,1-4H3/b10-9+,12-11+. The number of carbonyl (C=O) groups is 2. The number of hydrogen-bond donors (Lipinski definition) is 0. The van der Waals surface area contributed by atoms with Crippen molar-refractivity contribution in [1.82, 2.24) is 0 Å². The van der Waals surface area contributed by atoms with Gasteiger partial charge in [-0.15, -0.1) is 0 Å². The molecule has 0 aliphatic heterocycles. The summed E-state index contributed by atoms with van der Waals surface area (Å²) in [4.78, 5) is 25.7.